The van der Waals surface area contributed by atoms with E-state index in [0.717, 1.165) is 12.8 Å². The molecule has 1 unspecified atom stereocenters. The van der Waals surface area contributed by atoms with Gasteiger partial charge in [-0.05, 0) is 6.42 Å². The number of nitrogen functional groups attached to an aromatic ring is 1. The van der Waals surface area contributed by atoms with E-state index in [1.54, 1.807) is 0 Å². The Morgan fingerprint density at radius 1 is 1.18 bits per heavy atom. The molecular formula is C20H27N5O8. The molecule has 4 atom stereocenters. The number of anilines is 1. The molecule has 180 valence electrons. The van der Waals surface area contributed by atoms with Gasteiger partial charge in [0.1, 0.15) is 12.7 Å². The van der Waals surface area contributed by atoms with Crippen molar-refractivity contribution in [2.24, 2.45) is 0 Å². The lowest BCUT2D eigenvalue weighted by Crippen LogP contribution is -2.40. The molecule has 0 spiro atoms. The maximum Gasteiger partial charge on any atom is 0.305 e. The average molecular weight is 465 g/mol. The van der Waals surface area contributed by atoms with Crippen molar-refractivity contribution in [3.8, 4) is 0 Å². The Morgan fingerprint density at radius 2 is 1.88 bits per heavy atom. The van der Waals surface area contributed by atoms with Crippen LogP contribution in [0.4, 0.5) is 5.95 Å². The van der Waals surface area contributed by atoms with E-state index in [1.165, 1.54) is 24.7 Å². The molecule has 13 nitrogen and oxygen atoms in total. The third kappa shape index (κ3) is 5.66. The van der Waals surface area contributed by atoms with Gasteiger partial charge < -0.3 is 24.7 Å². The Kier molecular flexibility index (Phi) is 7.63. The van der Waals surface area contributed by atoms with Crippen molar-refractivity contribution in [3.05, 3.63) is 16.7 Å². The van der Waals surface area contributed by atoms with Crippen molar-refractivity contribution in [2.45, 2.75) is 71.0 Å². The average Bonchev–Trinajstić information content (AvgIpc) is 3.28. The lowest BCUT2D eigenvalue weighted by atomic mass is 10.1. The summed E-state index contributed by atoms with van der Waals surface area (Å²) in [7, 11) is 0. The molecule has 1 aliphatic heterocycles. The van der Waals surface area contributed by atoms with Gasteiger partial charge in [-0.25, -0.2) is 4.98 Å². The summed E-state index contributed by atoms with van der Waals surface area (Å²) < 4.78 is 23.5. The minimum absolute atomic E-state index is 0.00999. The van der Waals surface area contributed by atoms with Crippen LogP contribution in [0.5, 0.6) is 0 Å². The zero-order valence-electron chi connectivity index (χ0n) is 18.6. The van der Waals surface area contributed by atoms with Gasteiger partial charge in [-0.15, -0.1) is 0 Å². The molecular weight excluding hydrogens is 438 g/mol. The molecule has 0 aromatic carbocycles. The topological polar surface area (TPSA) is 178 Å². The van der Waals surface area contributed by atoms with E-state index in [1.807, 2.05) is 6.92 Å². The minimum atomic E-state index is -1.13. The standard InChI is InChI=1S/C20H27N5O8/c1-4-5-6-7-13(28)30-8-12-15(31-10(2)26)16(32-11(3)27)19(33-12)25-9-22-14-17(25)23-20(21)24-18(14)29/h9,12,15-16,19H,4-8H2,1-3H3,(H3,21,23,24,29)/t12-,15-,16-,19?/m1/s1. The zero-order chi connectivity index (χ0) is 24.1. The Balaban J connectivity index is 1.91. The summed E-state index contributed by atoms with van der Waals surface area (Å²) in [6.45, 7) is 4.17. The van der Waals surface area contributed by atoms with Crippen LogP contribution in [0, 0.1) is 0 Å². The highest BCUT2D eigenvalue weighted by molar-refractivity contribution is 5.71. The highest BCUT2D eigenvalue weighted by Gasteiger charge is 2.51. The predicted octanol–water partition coefficient (Wildman–Crippen LogP) is 0.586. The normalized spacial score (nSPS) is 22.3. The number of nitrogens with one attached hydrogen (secondary N) is 1. The van der Waals surface area contributed by atoms with Crippen LogP contribution < -0.4 is 11.3 Å². The van der Waals surface area contributed by atoms with Crippen molar-refractivity contribution in [2.75, 3.05) is 12.3 Å². The second kappa shape index (κ2) is 10.4. The van der Waals surface area contributed by atoms with Crippen LogP contribution in [-0.4, -0.2) is 62.3 Å². The molecule has 3 rings (SSSR count). The molecule has 0 bridgehead atoms. The second-order valence-electron chi connectivity index (χ2n) is 7.63. The fraction of sp³-hybridized carbons (Fsp3) is 0.600. The van der Waals surface area contributed by atoms with Crippen LogP contribution in [0.1, 0.15) is 52.7 Å². The van der Waals surface area contributed by atoms with Gasteiger partial charge in [-0.3, -0.25) is 28.7 Å². The summed E-state index contributed by atoms with van der Waals surface area (Å²) in [5, 5.41) is 0. The first kappa shape index (κ1) is 24.2. The van der Waals surface area contributed by atoms with Gasteiger partial charge in [0.05, 0.1) is 6.33 Å². The molecule has 0 radical (unpaired) electrons. The van der Waals surface area contributed by atoms with E-state index in [2.05, 4.69) is 15.0 Å². The monoisotopic (exact) mass is 465 g/mol. The number of aromatic nitrogens is 4. The molecule has 1 fully saturated rings. The van der Waals surface area contributed by atoms with E-state index in [4.69, 9.17) is 24.7 Å². The number of carbonyl (C=O) groups excluding carboxylic acids is 3. The summed E-state index contributed by atoms with van der Waals surface area (Å²) in [4.78, 5) is 58.3. The predicted molar refractivity (Wildman–Crippen MR) is 113 cm³/mol. The number of esters is 3. The Bertz CT molecular complexity index is 1080. The molecule has 2 aromatic heterocycles. The Morgan fingerprint density at radius 3 is 2.55 bits per heavy atom. The Labute approximate surface area is 188 Å². The third-order valence-corrected chi connectivity index (χ3v) is 5.01. The van der Waals surface area contributed by atoms with Gasteiger partial charge in [0.15, 0.2) is 29.6 Å². The third-order valence-electron chi connectivity index (χ3n) is 5.01. The summed E-state index contributed by atoms with van der Waals surface area (Å²) in [5.41, 5.74) is 5.17. The van der Waals surface area contributed by atoms with Crippen LogP contribution in [0.15, 0.2) is 11.1 Å². The summed E-state index contributed by atoms with van der Waals surface area (Å²) in [6, 6.07) is 0. The summed E-state index contributed by atoms with van der Waals surface area (Å²) >= 11 is 0. The number of carbonyl (C=O) groups is 3. The fourth-order valence-corrected chi connectivity index (χ4v) is 3.61. The second-order valence-corrected chi connectivity index (χ2v) is 7.63. The number of hydrogen-bond donors (Lipinski definition) is 2. The van der Waals surface area contributed by atoms with Crippen molar-refractivity contribution < 1.29 is 33.3 Å². The number of ether oxygens (including phenoxy) is 4. The van der Waals surface area contributed by atoms with Crippen LogP contribution in [0.3, 0.4) is 0 Å². The lowest BCUT2D eigenvalue weighted by Gasteiger charge is -2.23. The van der Waals surface area contributed by atoms with E-state index in [0.29, 0.717) is 6.42 Å². The largest absolute Gasteiger partial charge is 0.463 e. The molecule has 2 aromatic rings. The van der Waals surface area contributed by atoms with Gasteiger partial charge in [0, 0.05) is 20.3 Å². The number of rotatable bonds is 9. The number of imidazole rings is 1. The molecule has 13 heteroatoms. The number of hydrogen-bond acceptors (Lipinski definition) is 11. The van der Waals surface area contributed by atoms with Crippen molar-refractivity contribution in [1.29, 1.82) is 0 Å². The summed E-state index contributed by atoms with van der Waals surface area (Å²) in [6.07, 6.45) is -0.187. The molecule has 33 heavy (non-hydrogen) atoms. The van der Waals surface area contributed by atoms with E-state index < -0.39 is 48.0 Å². The van der Waals surface area contributed by atoms with Gasteiger partial charge in [-0.1, -0.05) is 19.8 Å². The SMILES string of the molecule is CCCCCC(=O)OC[C@H]1OC(n2cnc3c(=O)[nH]c(N)nc32)[C@H](OC(C)=O)[C@@H]1OC(C)=O. The van der Waals surface area contributed by atoms with Gasteiger partial charge in [0.25, 0.3) is 5.56 Å². The first-order valence-corrected chi connectivity index (χ1v) is 10.6. The van der Waals surface area contributed by atoms with Gasteiger partial charge >= 0.3 is 17.9 Å². The zero-order valence-corrected chi connectivity index (χ0v) is 18.6. The van der Waals surface area contributed by atoms with Crippen molar-refractivity contribution in [1.82, 2.24) is 19.5 Å². The molecule has 0 saturated carbocycles. The van der Waals surface area contributed by atoms with Crippen LogP contribution in [0.25, 0.3) is 11.2 Å². The summed E-state index contributed by atoms with van der Waals surface area (Å²) in [5.74, 6) is -1.87. The number of fused-ring (bicyclic) bond motifs is 1. The smallest absolute Gasteiger partial charge is 0.305 e. The maximum atomic E-state index is 12.1. The van der Waals surface area contributed by atoms with Gasteiger partial charge in [-0.2, -0.15) is 4.98 Å². The number of H-pyrrole nitrogens is 1. The highest BCUT2D eigenvalue weighted by atomic mass is 16.7. The molecule has 3 heterocycles. The first-order chi connectivity index (χ1) is 15.7. The lowest BCUT2D eigenvalue weighted by molar-refractivity contribution is -0.166. The number of nitrogens with two attached hydrogens (primary N) is 1. The van der Waals surface area contributed by atoms with E-state index in [-0.39, 0.29) is 30.1 Å². The maximum absolute atomic E-state index is 12.1. The molecule has 1 aliphatic rings. The van der Waals surface area contributed by atoms with Crippen molar-refractivity contribution in [3.63, 3.8) is 0 Å². The van der Waals surface area contributed by atoms with Crippen LogP contribution in [0.2, 0.25) is 0 Å². The number of nitrogens with zero attached hydrogens (tertiary/aromatic N) is 3. The fourth-order valence-electron chi connectivity index (χ4n) is 3.61. The first-order valence-electron chi connectivity index (χ1n) is 10.6. The van der Waals surface area contributed by atoms with Crippen LogP contribution >= 0.6 is 0 Å². The molecule has 1 saturated heterocycles. The number of unbranched alkanes of at least 4 members (excludes halogenated alkanes) is 2. The Hall–Kier alpha value is -3.48. The van der Waals surface area contributed by atoms with E-state index >= 15 is 0 Å². The van der Waals surface area contributed by atoms with Crippen LogP contribution in [-0.2, 0) is 33.3 Å². The van der Waals surface area contributed by atoms with E-state index in [9.17, 15) is 19.2 Å². The molecule has 3 N–H and O–H groups in total. The number of aromatic amines is 1. The quantitative estimate of drug-likeness (QED) is 0.301. The minimum Gasteiger partial charge on any atom is -0.463 e. The highest BCUT2D eigenvalue weighted by Crippen LogP contribution is 2.35. The van der Waals surface area contributed by atoms with Gasteiger partial charge in [0.2, 0.25) is 5.95 Å². The molecule has 0 aliphatic carbocycles. The molecule has 0 amide bonds. The van der Waals surface area contributed by atoms with Crippen molar-refractivity contribution >= 4 is 35.0 Å².